The van der Waals surface area contributed by atoms with E-state index in [0.29, 0.717) is 5.75 Å². The lowest BCUT2D eigenvalue weighted by molar-refractivity contribution is -0.147. The molecule has 0 aliphatic carbocycles. The molecule has 8 heteroatoms. The Balaban J connectivity index is 1.38. The van der Waals surface area contributed by atoms with Crippen LogP contribution >= 0.6 is 0 Å². The minimum absolute atomic E-state index is 0.0287. The number of nitrogens with one attached hydrogen (secondary N) is 1. The van der Waals surface area contributed by atoms with Crippen LogP contribution in [0, 0.1) is 0 Å². The molecule has 138 valence electrons. The zero-order valence-electron chi connectivity index (χ0n) is 14.3. The highest BCUT2D eigenvalue weighted by atomic mass is 16.5. The molecule has 1 amide bonds. The summed E-state index contributed by atoms with van der Waals surface area (Å²) < 4.78 is 15.6. The number of amides is 1. The molecular weight excluding hydrogens is 350 g/mol. The average molecular weight is 367 g/mol. The highest BCUT2D eigenvalue weighted by molar-refractivity contribution is 5.90. The van der Waals surface area contributed by atoms with Crippen molar-refractivity contribution in [2.45, 2.75) is 6.42 Å². The van der Waals surface area contributed by atoms with Gasteiger partial charge in [-0.05, 0) is 24.3 Å². The maximum absolute atomic E-state index is 11.8. The van der Waals surface area contributed by atoms with Gasteiger partial charge in [0, 0.05) is 5.56 Å². The van der Waals surface area contributed by atoms with Crippen molar-refractivity contribution < 1.29 is 23.5 Å². The molecule has 2 aromatic carbocycles. The second kappa shape index (κ2) is 9.14. The van der Waals surface area contributed by atoms with Gasteiger partial charge in [-0.15, -0.1) is 5.10 Å². The predicted octanol–water partition coefficient (Wildman–Crippen LogP) is 2.69. The first-order valence-corrected chi connectivity index (χ1v) is 8.23. The number of hydrogen-bond acceptors (Lipinski definition) is 7. The number of ether oxygens (including phenoxy) is 2. The lowest BCUT2D eigenvalue weighted by atomic mass is 10.2. The molecule has 3 rings (SSSR count). The molecule has 0 aliphatic heterocycles. The molecule has 0 saturated heterocycles. The molecule has 0 fully saturated rings. The second-order valence-corrected chi connectivity index (χ2v) is 5.40. The van der Waals surface area contributed by atoms with Crippen LogP contribution in [-0.2, 0) is 14.3 Å². The van der Waals surface area contributed by atoms with Gasteiger partial charge in [0.05, 0.1) is 13.0 Å². The van der Waals surface area contributed by atoms with Crippen LogP contribution in [0.3, 0.4) is 0 Å². The van der Waals surface area contributed by atoms with Crippen molar-refractivity contribution in [3.05, 3.63) is 60.7 Å². The van der Waals surface area contributed by atoms with Gasteiger partial charge in [-0.25, -0.2) is 0 Å². The van der Waals surface area contributed by atoms with Crippen LogP contribution < -0.4 is 10.1 Å². The number of esters is 1. The van der Waals surface area contributed by atoms with E-state index >= 15 is 0 Å². The Morgan fingerprint density at radius 1 is 0.963 bits per heavy atom. The Labute approximate surface area is 155 Å². The summed E-state index contributed by atoms with van der Waals surface area (Å²) in [5.41, 5.74) is 0.732. The van der Waals surface area contributed by atoms with Gasteiger partial charge in [0.1, 0.15) is 5.75 Å². The zero-order chi connectivity index (χ0) is 18.9. The van der Waals surface area contributed by atoms with E-state index in [0.717, 1.165) is 5.56 Å². The van der Waals surface area contributed by atoms with E-state index in [9.17, 15) is 9.59 Å². The van der Waals surface area contributed by atoms with Crippen LogP contribution in [0.5, 0.6) is 5.75 Å². The Morgan fingerprint density at radius 2 is 1.67 bits per heavy atom. The first-order chi connectivity index (χ1) is 13.2. The van der Waals surface area contributed by atoms with E-state index in [1.165, 1.54) is 0 Å². The third-order valence-corrected chi connectivity index (χ3v) is 3.37. The summed E-state index contributed by atoms with van der Waals surface area (Å²) in [6, 6.07) is 18.2. The molecule has 0 bridgehead atoms. The second-order valence-electron chi connectivity index (χ2n) is 5.40. The highest BCUT2D eigenvalue weighted by Crippen LogP contribution is 2.18. The molecule has 1 N–H and O–H groups in total. The molecule has 8 nitrogen and oxygen atoms in total. The Kier molecular flexibility index (Phi) is 6.13. The van der Waals surface area contributed by atoms with E-state index in [1.807, 2.05) is 36.4 Å². The van der Waals surface area contributed by atoms with Gasteiger partial charge >= 0.3 is 12.0 Å². The quantitative estimate of drug-likeness (QED) is 0.610. The van der Waals surface area contributed by atoms with E-state index in [1.54, 1.807) is 24.3 Å². The smallest absolute Gasteiger partial charge is 0.322 e. The summed E-state index contributed by atoms with van der Waals surface area (Å²) in [4.78, 5) is 23.5. The fourth-order valence-corrected chi connectivity index (χ4v) is 2.11. The number of para-hydroxylation sites is 1. The average Bonchev–Trinajstić information content (AvgIpc) is 3.16. The number of carbonyl (C=O) groups is 2. The highest BCUT2D eigenvalue weighted by Gasteiger charge is 2.13. The summed E-state index contributed by atoms with van der Waals surface area (Å²) in [6.07, 6.45) is 0.0287. The largest absolute Gasteiger partial charge is 0.493 e. The number of rotatable bonds is 8. The lowest BCUT2D eigenvalue weighted by Gasteiger charge is -2.06. The molecule has 27 heavy (non-hydrogen) atoms. The number of hydrogen-bond donors (Lipinski definition) is 1. The number of benzene rings is 2. The fourth-order valence-electron chi connectivity index (χ4n) is 2.11. The van der Waals surface area contributed by atoms with Crippen molar-refractivity contribution in [1.82, 2.24) is 10.2 Å². The molecule has 0 unspecified atom stereocenters. The van der Waals surface area contributed by atoms with Gasteiger partial charge in [-0.2, -0.15) is 0 Å². The molecule has 0 spiro atoms. The van der Waals surface area contributed by atoms with Crippen molar-refractivity contribution in [3.8, 4) is 17.2 Å². The third kappa shape index (κ3) is 5.67. The number of aromatic nitrogens is 2. The Bertz CT molecular complexity index is 881. The number of anilines is 1. The van der Waals surface area contributed by atoms with Gasteiger partial charge in [0.25, 0.3) is 5.91 Å². The van der Waals surface area contributed by atoms with Gasteiger partial charge in [0.15, 0.2) is 6.61 Å². The molecule has 1 heterocycles. The lowest BCUT2D eigenvalue weighted by Crippen LogP contribution is -2.21. The van der Waals surface area contributed by atoms with Gasteiger partial charge < -0.3 is 13.9 Å². The summed E-state index contributed by atoms with van der Waals surface area (Å²) in [5.74, 6) is -0.179. The topological polar surface area (TPSA) is 104 Å². The first-order valence-electron chi connectivity index (χ1n) is 8.23. The predicted molar refractivity (Wildman–Crippen MR) is 95.9 cm³/mol. The fraction of sp³-hybridized carbons (Fsp3) is 0.158. The molecular formula is C19H17N3O5. The summed E-state index contributed by atoms with van der Waals surface area (Å²) >= 11 is 0. The van der Waals surface area contributed by atoms with Crippen LogP contribution in [0.2, 0.25) is 0 Å². The molecule has 0 aliphatic rings. The zero-order valence-corrected chi connectivity index (χ0v) is 14.3. The van der Waals surface area contributed by atoms with Crippen LogP contribution in [0.4, 0.5) is 6.01 Å². The molecule has 0 saturated carbocycles. The SMILES string of the molecule is O=C(COC(=O)CCOc1ccccc1)Nc1nnc(-c2ccccc2)o1. The van der Waals surface area contributed by atoms with Crippen molar-refractivity contribution in [2.24, 2.45) is 0 Å². The van der Waals surface area contributed by atoms with E-state index in [-0.39, 0.29) is 24.9 Å². The van der Waals surface area contributed by atoms with Crippen molar-refractivity contribution in [3.63, 3.8) is 0 Å². The van der Waals surface area contributed by atoms with E-state index in [2.05, 4.69) is 15.5 Å². The maximum atomic E-state index is 11.8. The third-order valence-electron chi connectivity index (χ3n) is 3.37. The first kappa shape index (κ1) is 18.1. The molecule has 1 aromatic heterocycles. The normalized spacial score (nSPS) is 10.2. The summed E-state index contributed by atoms with van der Waals surface area (Å²) in [5, 5.41) is 9.96. The van der Waals surface area contributed by atoms with Crippen molar-refractivity contribution in [2.75, 3.05) is 18.5 Å². The molecule has 0 atom stereocenters. The summed E-state index contributed by atoms with van der Waals surface area (Å²) in [6.45, 7) is -0.290. The molecule has 0 radical (unpaired) electrons. The Morgan fingerprint density at radius 3 is 2.41 bits per heavy atom. The maximum Gasteiger partial charge on any atom is 0.322 e. The van der Waals surface area contributed by atoms with Crippen molar-refractivity contribution in [1.29, 1.82) is 0 Å². The Hall–Kier alpha value is -3.68. The van der Waals surface area contributed by atoms with E-state index < -0.39 is 18.5 Å². The molecule has 3 aromatic rings. The number of nitrogens with zero attached hydrogens (tertiary/aromatic N) is 2. The number of carbonyl (C=O) groups excluding carboxylic acids is 2. The minimum Gasteiger partial charge on any atom is -0.493 e. The summed E-state index contributed by atoms with van der Waals surface area (Å²) in [7, 11) is 0. The van der Waals surface area contributed by atoms with Crippen LogP contribution in [0.25, 0.3) is 11.5 Å². The van der Waals surface area contributed by atoms with Gasteiger partial charge in [-0.1, -0.05) is 41.5 Å². The monoisotopic (exact) mass is 367 g/mol. The minimum atomic E-state index is -0.574. The van der Waals surface area contributed by atoms with Crippen molar-refractivity contribution >= 4 is 17.9 Å². The van der Waals surface area contributed by atoms with Gasteiger partial charge in [0.2, 0.25) is 5.89 Å². The standard InChI is InChI=1S/C19H17N3O5/c23-16(13-26-17(24)11-12-25-15-9-5-2-6-10-15)20-19-22-21-18(27-19)14-7-3-1-4-8-14/h1-10H,11-13H2,(H,20,22,23). The van der Waals surface area contributed by atoms with E-state index in [4.69, 9.17) is 13.9 Å². The van der Waals surface area contributed by atoms with Crippen LogP contribution in [0.1, 0.15) is 6.42 Å². The van der Waals surface area contributed by atoms with Crippen LogP contribution in [-0.4, -0.2) is 35.3 Å². The van der Waals surface area contributed by atoms with Gasteiger partial charge in [-0.3, -0.25) is 14.9 Å². The van der Waals surface area contributed by atoms with Crippen LogP contribution in [0.15, 0.2) is 65.1 Å².